The number of para-hydroxylation sites is 1. The highest BCUT2D eigenvalue weighted by molar-refractivity contribution is 8.14. The van der Waals surface area contributed by atoms with E-state index in [0.717, 1.165) is 29.8 Å². The lowest BCUT2D eigenvalue weighted by Gasteiger charge is -2.25. The van der Waals surface area contributed by atoms with E-state index in [4.69, 9.17) is 4.99 Å². The second-order valence-electron chi connectivity index (χ2n) is 7.76. The van der Waals surface area contributed by atoms with Crippen molar-refractivity contribution in [2.75, 3.05) is 11.1 Å². The predicted octanol–water partition coefficient (Wildman–Crippen LogP) is 4.63. The van der Waals surface area contributed by atoms with Gasteiger partial charge in [0.05, 0.1) is 11.4 Å². The maximum atomic E-state index is 13.2. The third kappa shape index (κ3) is 4.28. The highest BCUT2D eigenvalue weighted by Gasteiger charge is 2.43. The van der Waals surface area contributed by atoms with Crippen molar-refractivity contribution in [2.45, 2.75) is 39.7 Å². The highest BCUT2D eigenvalue weighted by atomic mass is 32.2. The number of benzene rings is 2. The molecule has 6 nitrogen and oxygen atoms in total. The normalized spacial score (nSPS) is 18.1. The summed E-state index contributed by atoms with van der Waals surface area (Å²) in [5, 5.41) is 3.41. The molecule has 0 saturated heterocycles. The molecule has 2 amide bonds. The van der Waals surface area contributed by atoms with Crippen LogP contribution in [0.25, 0.3) is 0 Å². The average Bonchev–Trinajstić information content (AvgIpc) is 3.15. The molecule has 0 aromatic heterocycles. The van der Waals surface area contributed by atoms with Crippen LogP contribution in [0.2, 0.25) is 0 Å². The largest absolute Gasteiger partial charge is 0.325 e. The van der Waals surface area contributed by atoms with Gasteiger partial charge in [-0.25, -0.2) is 9.89 Å². The molecule has 0 saturated carbocycles. The number of hydrogen-bond donors (Lipinski definition) is 1. The van der Waals surface area contributed by atoms with Crippen LogP contribution >= 0.6 is 11.8 Å². The Balaban J connectivity index is 1.52. The number of carbonyl (C=O) groups excluding carboxylic acids is 2. The Morgan fingerprint density at radius 1 is 1.16 bits per heavy atom. The first kappa shape index (κ1) is 21.3. The van der Waals surface area contributed by atoms with Crippen LogP contribution in [0.15, 0.2) is 58.5 Å². The van der Waals surface area contributed by atoms with Crippen molar-refractivity contribution in [2.24, 2.45) is 15.9 Å². The summed E-state index contributed by atoms with van der Waals surface area (Å²) in [6, 6.07) is 15.1. The molecule has 160 valence electrons. The molecule has 0 radical (unpaired) electrons. The Kier molecular flexibility index (Phi) is 6.23. The highest BCUT2D eigenvalue weighted by Crippen LogP contribution is 2.35. The van der Waals surface area contributed by atoms with Crippen LogP contribution in [0.4, 0.5) is 11.4 Å². The number of thioether (sulfide) groups is 1. The zero-order valence-electron chi connectivity index (χ0n) is 18.0. The maximum Gasteiger partial charge on any atom is 0.259 e. The number of aryl methyl sites for hydroxylation is 1. The Hall–Kier alpha value is -2.93. The van der Waals surface area contributed by atoms with Gasteiger partial charge in [-0.05, 0) is 42.2 Å². The fourth-order valence-electron chi connectivity index (χ4n) is 3.61. The summed E-state index contributed by atoms with van der Waals surface area (Å²) >= 11 is 1.26. The Morgan fingerprint density at radius 3 is 2.61 bits per heavy atom. The van der Waals surface area contributed by atoms with Crippen LogP contribution < -0.4 is 5.32 Å². The Bertz CT molecular complexity index is 1060. The molecule has 0 aliphatic carbocycles. The molecule has 1 N–H and O–H groups in total. The average molecular weight is 435 g/mol. The minimum Gasteiger partial charge on any atom is -0.325 e. The number of carbonyl (C=O) groups is 2. The van der Waals surface area contributed by atoms with Crippen LogP contribution in [-0.4, -0.2) is 39.5 Å². The number of fused-ring (bicyclic) bond motifs is 3. The van der Waals surface area contributed by atoms with E-state index in [-0.39, 0.29) is 23.5 Å². The summed E-state index contributed by atoms with van der Waals surface area (Å²) in [6.45, 7) is 6.19. The molecule has 0 fully saturated rings. The second-order valence-corrected chi connectivity index (χ2v) is 8.70. The summed E-state index contributed by atoms with van der Waals surface area (Å²) in [5.41, 5.74) is 3.60. The topological polar surface area (TPSA) is 74.1 Å². The third-order valence-electron chi connectivity index (χ3n) is 5.66. The van der Waals surface area contributed by atoms with Gasteiger partial charge in [-0.2, -0.15) is 0 Å². The van der Waals surface area contributed by atoms with Gasteiger partial charge >= 0.3 is 0 Å². The molecule has 31 heavy (non-hydrogen) atoms. The summed E-state index contributed by atoms with van der Waals surface area (Å²) in [6.07, 6.45) is 1.82. The van der Waals surface area contributed by atoms with E-state index < -0.39 is 6.04 Å². The predicted molar refractivity (Wildman–Crippen MR) is 127 cm³/mol. The lowest BCUT2D eigenvalue weighted by molar-refractivity contribution is -0.125. The molecule has 4 rings (SSSR count). The van der Waals surface area contributed by atoms with Gasteiger partial charge in [0, 0.05) is 11.3 Å². The van der Waals surface area contributed by atoms with Gasteiger partial charge in [0.25, 0.3) is 5.91 Å². The monoisotopic (exact) mass is 434 g/mol. The van der Waals surface area contributed by atoms with Gasteiger partial charge in [-0.1, -0.05) is 63.2 Å². The van der Waals surface area contributed by atoms with Gasteiger partial charge < -0.3 is 5.32 Å². The SMILES string of the molecule is CCc1ccc(NC(=O)CSC2=Nc3ccccc3C3=NC(C(C)CC)C(=O)N23)cc1. The number of amides is 2. The van der Waals surface area contributed by atoms with E-state index in [1.54, 1.807) is 4.90 Å². The van der Waals surface area contributed by atoms with Crippen molar-refractivity contribution in [3.05, 3.63) is 59.7 Å². The van der Waals surface area contributed by atoms with Crippen LogP contribution in [0.1, 0.15) is 38.3 Å². The first-order chi connectivity index (χ1) is 15.0. The molecule has 0 spiro atoms. The Morgan fingerprint density at radius 2 is 1.90 bits per heavy atom. The molecule has 2 aromatic carbocycles. The van der Waals surface area contributed by atoms with Gasteiger partial charge in [-0.15, -0.1) is 0 Å². The molecule has 2 heterocycles. The lowest BCUT2D eigenvalue weighted by Crippen LogP contribution is -2.42. The summed E-state index contributed by atoms with van der Waals surface area (Å²) in [4.78, 5) is 36.7. The van der Waals surface area contributed by atoms with Crippen molar-refractivity contribution < 1.29 is 9.59 Å². The number of anilines is 1. The van der Waals surface area contributed by atoms with Crippen molar-refractivity contribution in [3.63, 3.8) is 0 Å². The van der Waals surface area contributed by atoms with Crippen molar-refractivity contribution in [3.8, 4) is 0 Å². The minimum absolute atomic E-state index is 0.0688. The van der Waals surface area contributed by atoms with Gasteiger partial charge in [0.2, 0.25) is 5.91 Å². The lowest BCUT2D eigenvalue weighted by atomic mass is 10.00. The zero-order valence-corrected chi connectivity index (χ0v) is 18.8. The number of rotatable bonds is 6. The smallest absolute Gasteiger partial charge is 0.259 e. The van der Waals surface area contributed by atoms with E-state index in [0.29, 0.717) is 11.0 Å². The van der Waals surface area contributed by atoms with Crippen LogP contribution in [0, 0.1) is 5.92 Å². The van der Waals surface area contributed by atoms with E-state index in [2.05, 4.69) is 24.2 Å². The maximum absolute atomic E-state index is 13.2. The summed E-state index contributed by atoms with van der Waals surface area (Å²) in [7, 11) is 0. The first-order valence-electron chi connectivity index (χ1n) is 10.6. The standard InChI is InChI=1S/C24H26N4O2S/c1-4-15(3)21-23(30)28-22(27-21)18-8-6-7-9-19(18)26-24(28)31-14-20(29)25-17-12-10-16(5-2)11-13-17/h6-13,15,21H,4-5,14H2,1-3H3,(H,25,29). The van der Waals surface area contributed by atoms with Crippen LogP contribution in [0.5, 0.6) is 0 Å². The fraction of sp³-hybridized carbons (Fsp3) is 0.333. The fourth-order valence-corrected chi connectivity index (χ4v) is 4.41. The number of nitrogens with zero attached hydrogens (tertiary/aromatic N) is 3. The molecule has 2 aliphatic rings. The molecule has 7 heteroatoms. The molecule has 2 unspecified atom stereocenters. The van der Waals surface area contributed by atoms with E-state index in [1.165, 1.54) is 17.3 Å². The van der Waals surface area contributed by atoms with E-state index >= 15 is 0 Å². The second kappa shape index (κ2) is 9.06. The first-order valence-corrected chi connectivity index (χ1v) is 11.6. The van der Waals surface area contributed by atoms with Crippen LogP contribution in [0.3, 0.4) is 0 Å². The molecule has 0 bridgehead atoms. The van der Waals surface area contributed by atoms with Gasteiger partial charge in [0.15, 0.2) is 5.17 Å². The van der Waals surface area contributed by atoms with E-state index in [1.807, 2.05) is 55.5 Å². The summed E-state index contributed by atoms with van der Waals surface area (Å²) < 4.78 is 0. The van der Waals surface area contributed by atoms with Crippen molar-refractivity contribution >= 4 is 46.0 Å². The molecular weight excluding hydrogens is 408 g/mol. The molecule has 2 aliphatic heterocycles. The van der Waals surface area contributed by atoms with Crippen molar-refractivity contribution in [1.29, 1.82) is 0 Å². The number of aliphatic imine (C=N–C) groups is 2. The van der Waals surface area contributed by atoms with E-state index in [9.17, 15) is 9.59 Å². The summed E-state index contributed by atoms with van der Waals surface area (Å²) in [5.74, 6) is 0.721. The zero-order chi connectivity index (χ0) is 22.0. The quantitative estimate of drug-likeness (QED) is 0.721. The number of hydrogen-bond acceptors (Lipinski definition) is 5. The van der Waals surface area contributed by atoms with Crippen molar-refractivity contribution in [1.82, 2.24) is 4.90 Å². The number of nitrogens with one attached hydrogen (secondary N) is 1. The van der Waals surface area contributed by atoms with Gasteiger partial charge in [-0.3, -0.25) is 14.6 Å². The third-order valence-corrected chi connectivity index (χ3v) is 6.60. The Labute approximate surface area is 186 Å². The minimum atomic E-state index is -0.414. The van der Waals surface area contributed by atoms with Crippen LogP contribution in [-0.2, 0) is 16.0 Å². The molecular formula is C24H26N4O2S. The number of amidine groups is 2. The molecule has 2 atom stereocenters. The van der Waals surface area contributed by atoms with Gasteiger partial charge in [0.1, 0.15) is 11.9 Å². The molecule has 2 aromatic rings.